The third-order valence-corrected chi connectivity index (χ3v) is 4.44. The van der Waals surface area contributed by atoms with E-state index in [1.807, 2.05) is 12.1 Å². The average Bonchev–Trinajstić information content (AvgIpc) is 2.66. The van der Waals surface area contributed by atoms with Crippen LogP contribution in [0.2, 0.25) is 5.15 Å². The van der Waals surface area contributed by atoms with E-state index in [9.17, 15) is 4.79 Å². The Morgan fingerprint density at radius 2 is 2.28 bits per heavy atom. The first-order valence-corrected chi connectivity index (χ1v) is 6.49. The summed E-state index contributed by atoms with van der Waals surface area (Å²) in [5.41, 5.74) is 1.38. The number of amides is 1. The van der Waals surface area contributed by atoms with Gasteiger partial charge in [-0.1, -0.05) is 11.6 Å². The van der Waals surface area contributed by atoms with Crippen molar-refractivity contribution in [1.82, 2.24) is 15.3 Å². The Morgan fingerprint density at radius 3 is 2.89 bits per heavy atom. The second-order valence-electron chi connectivity index (χ2n) is 5.46. The molecule has 3 aliphatic rings. The van der Waals surface area contributed by atoms with Gasteiger partial charge in [0.15, 0.2) is 5.15 Å². The van der Waals surface area contributed by atoms with E-state index in [-0.39, 0.29) is 11.4 Å². The largest absolute Gasteiger partial charge is 0.348 e. The van der Waals surface area contributed by atoms with Crippen LogP contribution in [0, 0.1) is 5.92 Å². The molecule has 18 heavy (non-hydrogen) atoms. The van der Waals surface area contributed by atoms with E-state index in [1.54, 1.807) is 6.20 Å². The summed E-state index contributed by atoms with van der Waals surface area (Å²) in [6.07, 6.45) is 5.06. The van der Waals surface area contributed by atoms with E-state index < -0.39 is 0 Å². The predicted octanol–water partition coefficient (Wildman–Crippen LogP) is 2.50. The van der Waals surface area contributed by atoms with Gasteiger partial charge in [-0.2, -0.15) is 0 Å². The van der Waals surface area contributed by atoms with Crippen LogP contribution in [0.15, 0.2) is 18.3 Å². The minimum Gasteiger partial charge on any atom is -0.348 e. The van der Waals surface area contributed by atoms with Gasteiger partial charge in [0.2, 0.25) is 0 Å². The number of halogens is 1. The molecule has 0 unspecified atom stereocenters. The van der Waals surface area contributed by atoms with Gasteiger partial charge in [-0.3, -0.25) is 4.79 Å². The molecule has 3 aliphatic carbocycles. The van der Waals surface area contributed by atoms with Crippen LogP contribution in [0.4, 0.5) is 0 Å². The molecule has 2 aromatic rings. The summed E-state index contributed by atoms with van der Waals surface area (Å²) in [7, 11) is 0. The summed E-state index contributed by atoms with van der Waals surface area (Å²) in [4.78, 5) is 19.2. The molecular formula is C13H12ClN3O. The predicted molar refractivity (Wildman–Crippen MR) is 68.6 cm³/mol. The van der Waals surface area contributed by atoms with E-state index in [4.69, 9.17) is 11.6 Å². The van der Waals surface area contributed by atoms with Crippen molar-refractivity contribution in [2.24, 2.45) is 5.92 Å². The zero-order valence-electron chi connectivity index (χ0n) is 9.66. The summed E-state index contributed by atoms with van der Waals surface area (Å²) in [5, 5.41) is 4.44. The van der Waals surface area contributed by atoms with Crippen LogP contribution in [0.5, 0.6) is 0 Å². The second kappa shape index (κ2) is 3.26. The number of carbonyl (C=O) groups excluding carboxylic acids is 1. The van der Waals surface area contributed by atoms with E-state index >= 15 is 0 Å². The molecule has 0 radical (unpaired) electrons. The lowest BCUT2D eigenvalue weighted by Crippen LogP contribution is -2.68. The number of nitrogens with zero attached hydrogens (tertiary/aromatic N) is 1. The highest BCUT2D eigenvalue weighted by atomic mass is 35.5. The first-order valence-electron chi connectivity index (χ1n) is 6.11. The molecule has 5 rings (SSSR count). The summed E-state index contributed by atoms with van der Waals surface area (Å²) in [6.45, 7) is 0. The van der Waals surface area contributed by atoms with Crippen LogP contribution in [0.3, 0.4) is 0 Å². The Morgan fingerprint density at radius 1 is 1.50 bits per heavy atom. The number of fused-ring (bicyclic) bond motifs is 1. The Balaban J connectivity index is 1.65. The normalized spacial score (nSPS) is 28.6. The van der Waals surface area contributed by atoms with Gasteiger partial charge < -0.3 is 10.3 Å². The van der Waals surface area contributed by atoms with Gasteiger partial charge in [0.25, 0.3) is 5.91 Å². The van der Waals surface area contributed by atoms with E-state index in [1.165, 1.54) is 0 Å². The number of rotatable bonds is 2. The highest BCUT2D eigenvalue weighted by Crippen LogP contribution is 2.56. The Labute approximate surface area is 109 Å². The lowest BCUT2D eigenvalue weighted by Gasteiger charge is -2.61. The molecule has 2 N–H and O–H groups in total. The SMILES string of the molecule is O=C(NC12CC(C1)C2)c1cc2ccnc(Cl)c2[nH]1. The smallest absolute Gasteiger partial charge is 0.268 e. The summed E-state index contributed by atoms with van der Waals surface area (Å²) in [5.74, 6) is 0.812. The molecule has 2 heterocycles. The zero-order valence-corrected chi connectivity index (χ0v) is 10.4. The maximum Gasteiger partial charge on any atom is 0.268 e. The average molecular weight is 262 g/mol. The fourth-order valence-corrected chi connectivity index (χ4v) is 3.29. The number of hydrogen-bond donors (Lipinski definition) is 2. The minimum atomic E-state index is -0.0413. The van der Waals surface area contributed by atoms with E-state index in [0.717, 1.165) is 36.1 Å². The van der Waals surface area contributed by atoms with Crippen molar-refractivity contribution in [2.45, 2.75) is 24.8 Å². The third-order valence-electron chi connectivity index (χ3n) is 4.16. The molecule has 2 aromatic heterocycles. The molecule has 0 aliphatic heterocycles. The van der Waals surface area contributed by atoms with Crippen LogP contribution in [0.25, 0.3) is 10.9 Å². The topological polar surface area (TPSA) is 57.8 Å². The van der Waals surface area contributed by atoms with Gasteiger partial charge in [0.05, 0.1) is 5.52 Å². The fourth-order valence-electron chi connectivity index (χ4n) is 3.08. The number of nitrogens with one attached hydrogen (secondary N) is 2. The standard InChI is InChI=1S/C13H12ClN3O/c14-11-10-8(1-2-15-11)3-9(16-10)12(18)17-13-4-7(5-13)6-13/h1-3,7,16H,4-6H2,(H,17,18). The van der Waals surface area contributed by atoms with Crippen molar-refractivity contribution in [3.05, 3.63) is 29.2 Å². The number of H-pyrrole nitrogens is 1. The highest BCUT2D eigenvalue weighted by molar-refractivity contribution is 6.33. The van der Waals surface area contributed by atoms with Gasteiger partial charge in [-0.25, -0.2) is 4.98 Å². The van der Waals surface area contributed by atoms with Crippen LogP contribution >= 0.6 is 11.6 Å². The maximum absolute atomic E-state index is 12.2. The van der Waals surface area contributed by atoms with Crippen molar-refractivity contribution in [3.63, 3.8) is 0 Å². The molecular weight excluding hydrogens is 250 g/mol. The highest BCUT2D eigenvalue weighted by Gasteiger charge is 2.57. The van der Waals surface area contributed by atoms with Crippen molar-refractivity contribution in [2.75, 3.05) is 0 Å². The van der Waals surface area contributed by atoms with Crippen molar-refractivity contribution >= 4 is 28.4 Å². The first-order chi connectivity index (χ1) is 8.65. The summed E-state index contributed by atoms with van der Waals surface area (Å²) < 4.78 is 0. The minimum absolute atomic E-state index is 0.0413. The molecule has 0 aromatic carbocycles. The fraction of sp³-hybridized carbons (Fsp3) is 0.385. The van der Waals surface area contributed by atoms with Gasteiger partial charge in [0, 0.05) is 17.1 Å². The van der Waals surface area contributed by atoms with E-state index in [0.29, 0.717) is 10.8 Å². The molecule has 0 spiro atoms. The molecule has 3 saturated carbocycles. The molecule has 92 valence electrons. The number of hydrogen-bond acceptors (Lipinski definition) is 2. The Hall–Kier alpha value is -1.55. The summed E-state index contributed by atoms with van der Waals surface area (Å²) in [6, 6.07) is 3.67. The van der Waals surface area contributed by atoms with Crippen LogP contribution in [0.1, 0.15) is 29.8 Å². The van der Waals surface area contributed by atoms with Crippen molar-refractivity contribution in [3.8, 4) is 0 Å². The Kier molecular flexibility index (Phi) is 1.88. The molecule has 0 saturated heterocycles. The van der Waals surface area contributed by atoms with Gasteiger partial charge >= 0.3 is 0 Å². The quantitative estimate of drug-likeness (QED) is 0.816. The van der Waals surface area contributed by atoms with Gasteiger partial charge in [-0.15, -0.1) is 0 Å². The molecule has 1 amide bonds. The number of carbonyl (C=O) groups is 1. The number of aromatic amines is 1. The second-order valence-corrected chi connectivity index (χ2v) is 5.82. The maximum atomic E-state index is 12.2. The van der Waals surface area contributed by atoms with Gasteiger partial charge in [-0.05, 0) is 37.3 Å². The van der Waals surface area contributed by atoms with Crippen molar-refractivity contribution in [1.29, 1.82) is 0 Å². The van der Waals surface area contributed by atoms with Crippen LogP contribution < -0.4 is 5.32 Å². The lowest BCUT2D eigenvalue weighted by atomic mass is 9.50. The van der Waals surface area contributed by atoms with Crippen LogP contribution in [-0.2, 0) is 0 Å². The molecule has 0 atom stereocenters. The molecule has 2 bridgehead atoms. The lowest BCUT2D eigenvalue weighted by molar-refractivity contribution is -0.0439. The molecule has 3 fully saturated rings. The zero-order chi connectivity index (χ0) is 12.3. The number of pyridine rings is 1. The van der Waals surface area contributed by atoms with Gasteiger partial charge in [0.1, 0.15) is 5.69 Å². The Bertz CT molecular complexity index is 646. The molecule has 5 heteroatoms. The first kappa shape index (κ1) is 10.4. The molecule has 4 nitrogen and oxygen atoms in total. The third kappa shape index (κ3) is 1.32. The number of aromatic nitrogens is 2. The van der Waals surface area contributed by atoms with Crippen LogP contribution in [-0.4, -0.2) is 21.4 Å². The van der Waals surface area contributed by atoms with Crippen molar-refractivity contribution < 1.29 is 4.79 Å². The summed E-state index contributed by atoms with van der Waals surface area (Å²) >= 11 is 5.98. The van der Waals surface area contributed by atoms with E-state index in [2.05, 4.69) is 15.3 Å². The monoisotopic (exact) mass is 261 g/mol.